The second kappa shape index (κ2) is 27.3. The van der Waals surface area contributed by atoms with Crippen LogP contribution in [0.3, 0.4) is 0 Å². The van der Waals surface area contributed by atoms with Gasteiger partial charge in [0.1, 0.15) is 0 Å². The van der Waals surface area contributed by atoms with E-state index in [4.69, 9.17) is 55.9 Å². The molecule has 0 rings (SSSR count). The zero-order valence-corrected chi connectivity index (χ0v) is 14.3. The molecule has 0 heterocycles. The normalized spacial score (nSPS) is 8.18. The van der Waals surface area contributed by atoms with Crippen molar-refractivity contribution in [3.05, 3.63) is 0 Å². The molecule has 0 unspecified atom stereocenters. The van der Waals surface area contributed by atoms with E-state index in [1.165, 1.54) is 0 Å². The van der Waals surface area contributed by atoms with Gasteiger partial charge < -0.3 is 32.9 Å². The molecule has 0 amide bonds. The summed E-state index contributed by atoms with van der Waals surface area (Å²) in [6, 6.07) is 0. The van der Waals surface area contributed by atoms with Crippen LogP contribution in [-0.4, -0.2) is 32.9 Å². The molecule has 0 atom stereocenters. The standard InChI is InChI=1S/3ClHO4.6H2O.Sm/c3*2-1(3,4)5;;;;;;;/h3*(H,2,3,4,5);6*1H2;/q;;;;;;;;;+3/p-3. The first-order chi connectivity index (χ1) is 6.00. The number of halogens is 3. The van der Waals surface area contributed by atoms with Gasteiger partial charge in [-0.3, -0.25) is 0 Å². The maximum atomic E-state index is 8.49. The molecule has 147 valence electrons. The molecule has 0 bridgehead atoms. The smallest absolute Gasteiger partial charge is 0.412 e. The second-order valence-electron chi connectivity index (χ2n) is 1.13. The van der Waals surface area contributed by atoms with E-state index in [2.05, 4.69) is 0 Å². The van der Waals surface area contributed by atoms with E-state index < -0.39 is 30.7 Å². The topological polar surface area (TPSA) is 466 Å². The Morgan fingerprint density at radius 2 is 0.273 bits per heavy atom. The van der Waals surface area contributed by atoms with E-state index in [1.54, 1.807) is 0 Å². The zero-order valence-electron chi connectivity index (χ0n) is 9.44. The molecule has 1 radical (unpaired) electrons. The van der Waals surface area contributed by atoms with Gasteiger partial charge in [-0.1, -0.05) is 0 Å². The summed E-state index contributed by atoms with van der Waals surface area (Å²) in [5.74, 6) is 0. The summed E-state index contributed by atoms with van der Waals surface area (Å²) in [5.41, 5.74) is 0. The number of hydrogen-bond acceptors (Lipinski definition) is 12. The van der Waals surface area contributed by atoms with Crippen LogP contribution in [-0.2, 0) is 0 Å². The largest absolute Gasteiger partial charge is 3.00 e. The third-order valence-electron chi connectivity index (χ3n) is 0. The summed E-state index contributed by atoms with van der Waals surface area (Å²) in [6.07, 6.45) is 0. The fraction of sp³-hybridized carbons (Fsp3) is 0. The molecule has 0 aromatic heterocycles. The Morgan fingerprint density at radius 1 is 0.273 bits per heavy atom. The fourth-order valence-electron chi connectivity index (χ4n) is 0. The van der Waals surface area contributed by atoms with Gasteiger partial charge in [0.25, 0.3) is 0 Å². The first-order valence-electron chi connectivity index (χ1n) is 1.85. The average Bonchev–Trinajstić information content (AvgIpc) is 1.41. The molecule has 0 aliphatic heterocycles. The fourth-order valence-corrected chi connectivity index (χ4v) is 0. The Kier molecular flexibility index (Phi) is 81.1. The van der Waals surface area contributed by atoms with Gasteiger partial charge in [-0.15, -0.1) is 30.7 Å². The van der Waals surface area contributed by atoms with Gasteiger partial charge in [0.2, 0.25) is 0 Å². The monoisotopic (exact) mass is 557 g/mol. The van der Waals surface area contributed by atoms with Crippen LogP contribution in [0.1, 0.15) is 0 Å². The Balaban J connectivity index is -0.0000000106. The van der Waals surface area contributed by atoms with Crippen LogP contribution in [0, 0.1) is 71.1 Å². The van der Waals surface area contributed by atoms with Gasteiger partial charge in [-0.25, -0.2) is 55.9 Å². The molecule has 0 aromatic carbocycles. The Hall–Kier alpha value is 1.49. The molecule has 0 aromatic rings. The SMILES string of the molecule is O.O.O.O.O.O.[O-][Cl+3]([O-])([O-])[O-].[O-][Cl+3]([O-])([O-])[O-].[O-][Cl+3]([O-])([O-])[O-].[Sm+3]. The molecule has 12 N–H and O–H groups in total. The van der Waals surface area contributed by atoms with Gasteiger partial charge in [0.05, 0.1) is 0 Å². The summed E-state index contributed by atoms with van der Waals surface area (Å²) >= 11 is 0. The molecule has 0 fully saturated rings. The van der Waals surface area contributed by atoms with Gasteiger partial charge >= 0.3 is 40.4 Å². The van der Waals surface area contributed by atoms with Crippen LogP contribution in [0.25, 0.3) is 0 Å². The van der Waals surface area contributed by atoms with Gasteiger partial charge in [0, 0.05) is 0 Å². The van der Waals surface area contributed by atoms with Crippen molar-refractivity contribution in [3.8, 4) is 0 Å². The minimum absolute atomic E-state index is 0. The Bertz CT molecular complexity index is 93.4. The predicted octanol–water partition coefficient (Wildman–Crippen LogP) is -19.2. The summed E-state index contributed by atoms with van der Waals surface area (Å²) in [5, 5.41) is 0. The van der Waals surface area contributed by atoms with Gasteiger partial charge in [-0.2, -0.15) is 0 Å². The third kappa shape index (κ3) is 4080. The molecule has 0 spiro atoms. The zero-order chi connectivity index (χ0) is 13.5. The van der Waals surface area contributed by atoms with E-state index in [1.807, 2.05) is 0 Å². The summed E-state index contributed by atoms with van der Waals surface area (Å²) in [6.45, 7) is 0. The van der Waals surface area contributed by atoms with E-state index >= 15 is 0 Å². The van der Waals surface area contributed by atoms with Crippen molar-refractivity contribution in [2.45, 2.75) is 0 Å². The third-order valence-corrected chi connectivity index (χ3v) is 0. The van der Waals surface area contributed by atoms with Gasteiger partial charge in [-0.05, 0) is 0 Å². The van der Waals surface area contributed by atoms with Crippen molar-refractivity contribution >= 4 is 0 Å². The van der Waals surface area contributed by atoms with E-state index in [0.717, 1.165) is 0 Å². The second-order valence-corrected chi connectivity index (χ2v) is 3.40. The van der Waals surface area contributed by atoms with Crippen LogP contribution in [0.2, 0.25) is 0 Å². The van der Waals surface area contributed by atoms with Crippen molar-refractivity contribution < 1.29 is 160 Å². The summed E-state index contributed by atoms with van der Waals surface area (Å²) in [4.78, 5) is 0. The molecular formula is H12Cl3O18Sm. The van der Waals surface area contributed by atoms with Crippen molar-refractivity contribution in [1.82, 2.24) is 0 Å². The van der Waals surface area contributed by atoms with Crippen LogP contribution < -0.4 is 55.9 Å². The Labute approximate surface area is 159 Å². The molecule has 22 heavy (non-hydrogen) atoms. The quantitative estimate of drug-likeness (QED) is 0.268. The Morgan fingerprint density at radius 3 is 0.273 bits per heavy atom. The molecule has 0 saturated heterocycles. The molecule has 0 aliphatic carbocycles. The average molecular weight is 557 g/mol. The van der Waals surface area contributed by atoms with Crippen LogP contribution >= 0.6 is 0 Å². The van der Waals surface area contributed by atoms with Crippen molar-refractivity contribution in [2.75, 3.05) is 0 Å². The summed E-state index contributed by atoms with van der Waals surface area (Å²) in [7, 11) is -14.8. The molecule has 22 heteroatoms. The van der Waals surface area contributed by atoms with Crippen molar-refractivity contribution in [1.29, 1.82) is 0 Å². The van der Waals surface area contributed by atoms with E-state index in [-0.39, 0.29) is 73.2 Å². The molecule has 18 nitrogen and oxygen atoms in total. The number of rotatable bonds is 0. The molecule has 0 aliphatic rings. The molecular weight excluding hydrogens is 545 g/mol. The van der Waals surface area contributed by atoms with E-state index in [9.17, 15) is 0 Å². The van der Waals surface area contributed by atoms with Gasteiger partial charge in [0.15, 0.2) is 0 Å². The minimum atomic E-state index is -4.94. The van der Waals surface area contributed by atoms with Crippen molar-refractivity contribution in [3.63, 3.8) is 0 Å². The predicted molar refractivity (Wildman–Crippen MR) is 21.7 cm³/mol. The van der Waals surface area contributed by atoms with Crippen molar-refractivity contribution in [2.24, 2.45) is 0 Å². The van der Waals surface area contributed by atoms with Crippen LogP contribution in [0.4, 0.5) is 0 Å². The first-order valence-corrected chi connectivity index (χ1v) is 5.55. The van der Waals surface area contributed by atoms with E-state index in [0.29, 0.717) is 0 Å². The maximum Gasteiger partial charge on any atom is 3.00 e. The van der Waals surface area contributed by atoms with Crippen LogP contribution in [0.5, 0.6) is 0 Å². The minimum Gasteiger partial charge on any atom is -0.412 e. The maximum absolute atomic E-state index is 8.49. The molecule has 0 saturated carbocycles. The number of hydrogen-bond donors (Lipinski definition) is 0. The van der Waals surface area contributed by atoms with Crippen LogP contribution in [0.15, 0.2) is 0 Å². The summed E-state index contributed by atoms with van der Waals surface area (Å²) < 4.78 is 102. The first kappa shape index (κ1) is 65.3.